The van der Waals surface area contributed by atoms with E-state index in [4.69, 9.17) is 32.8 Å². The molecule has 3 aromatic rings. The van der Waals surface area contributed by atoms with Crippen molar-refractivity contribution in [2.75, 3.05) is 18.0 Å². The Balaban J connectivity index is 1.39. The Morgan fingerprint density at radius 2 is 1.97 bits per heavy atom. The van der Waals surface area contributed by atoms with E-state index in [2.05, 4.69) is 20.6 Å². The first-order chi connectivity index (χ1) is 14.4. The third-order valence-electron chi connectivity index (χ3n) is 4.83. The molecule has 0 atom stereocenters. The van der Waals surface area contributed by atoms with Crippen LogP contribution in [0.3, 0.4) is 0 Å². The second kappa shape index (κ2) is 8.41. The number of carbonyl (C=O) groups excluding carboxylic acids is 1. The first kappa shape index (κ1) is 20.3. The SMILES string of the molecule is O=C(O)Cn1nnc(-c2cc(N3CCC(C(=O)c4ccc(Cl)cc4Cl)CC3)no2)n1. The zero-order valence-electron chi connectivity index (χ0n) is 15.5. The van der Waals surface area contributed by atoms with E-state index in [9.17, 15) is 9.59 Å². The smallest absolute Gasteiger partial charge is 0.327 e. The summed E-state index contributed by atoms with van der Waals surface area (Å²) in [7, 11) is 0. The summed E-state index contributed by atoms with van der Waals surface area (Å²) < 4.78 is 5.28. The van der Waals surface area contributed by atoms with Gasteiger partial charge >= 0.3 is 5.97 Å². The van der Waals surface area contributed by atoms with E-state index in [1.807, 2.05) is 4.90 Å². The number of carbonyl (C=O) groups is 2. The standard InChI is InChI=1S/C18H16Cl2N6O4/c19-11-1-2-12(13(20)7-11)17(29)10-3-5-25(6-4-10)15-8-14(30-23-15)18-21-24-26(22-18)9-16(27)28/h1-2,7-8,10H,3-6,9H2,(H,27,28). The van der Waals surface area contributed by atoms with E-state index in [1.54, 1.807) is 24.3 Å². The lowest BCUT2D eigenvalue weighted by molar-refractivity contribution is -0.138. The fraction of sp³-hybridized carbons (Fsp3) is 0.333. The maximum Gasteiger partial charge on any atom is 0.327 e. The Morgan fingerprint density at radius 3 is 2.67 bits per heavy atom. The molecule has 30 heavy (non-hydrogen) atoms. The van der Waals surface area contributed by atoms with Crippen LogP contribution in [-0.2, 0) is 11.3 Å². The molecule has 4 rings (SSSR count). The van der Waals surface area contributed by atoms with Crippen molar-refractivity contribution in [3.63, 3.8) is 0 Å². The van der Waals surface area contributed by atoms with Gasteiger partial charge in [0, 0.05) is 35.7 Å². The summed E-state index contributed by atoms with van der Waals surface area (Å²) in [5.41, 5.74) is 0.485. The molecule has 10 nitrogen and oxygen atoms in total. The molecule has 0 radical (unpaired) electrons. The number of nitrogens with zero attached hydrogens (tertiary/aromatic N) is 6. The zero-order valence-corrected chi connectivity index (χ0v) is 17.0. The van der Waals surface area contributed by atoms with Crippen LogP contribution in [0.25, 0.3) is 11.6 Å². The Bertz CT molecular complexity index is 1090. The summed E-state index contributed by atoms with van der Waals surface area (Å²) in [6.45, 7) is 0.840. The van der Waals surface area contributed by atoms with Crippen molar-refractivity contribution >= 4 is 40.8 Å². The van der Waals surface area contributed by atoms with Crippen LogP contribution in [0.4, 0.5) is 5.82 Å². The van der Waals surface area contributed by atoms with Crippen molar-refractivity contribution < 1.29 is 19.2 Å². The maximum atomic E-state index is 12.8. The van der Waals surface area contributed by atoms with Gasteiger partial charge in [0.05, 0.1) is 5.02 Å². The molecule has 1 aliphatic heterocycles. The van der Waals surface area contributed by atoms with Gasteiger partial charge in [0.25, 0.3) is 0 Å². The summed E-state index contributed by atoms with van der Waals surface area (Å²) in [6.07, 6.45) is 1.29. The fourth-order valence-corrected chi connectivity index (χ4v) is 3.83. The minimum Gasteiger partial charge on any atom is -0.480 e. The Kier molecular flexibility index (Phi) is 5.69. The Hall–Kier alpha value is -2.98. The number of carboxylic acids is 1. The number of ketones is 1. The largest absolute Gasteiger partial charge is 0.480 e. The summed E-state index contributed by atoms with van der Waals surface area (Å²) in [4.78, 5) is 26.5. The molecule has 0 spiro atoms. The molecule has 1 aliphatic rings. The number of benzene rings is 1. The summed E-state index contributed by atoms with van der Waals surface area (Å²) in [6, 6.07) is 6.56. The van der Waals surface area contributed by atoms with Gasteiger partial charge in [0.2, 0.25) is 11.6 Å². The van der Waals surface area contributed by atoms with Gasteiger partial charge in [0.1, 0.15) is 0 Å². The van der Waals surface area contributed by atoms with Gasteiger partial charge in [0.15, 0.2) is 18.1 Å². The number of Topliss-reactive ketones (excluding diaryl/α,β-unsaturated/α-hetero) is 1. The Morgan fingerprint density at radius 1 is 1.20 bits per heavy atom. The van der Waals surface area contributed by atoms with Crippen molar-refractivity contribution in [1.82, 2.24) is 25.4 Å². The second-order valence-corrected chi connectivity index (χ2v) is 7.68. The molecular weight excluding hydrogens is 435 g/mol. The number of aromatic nitrogens is 5. The predicted molar refractivity (Wildman–Crippen MR) is 107 cm³/mol. The van der Waals surface area contributed by atoms with Crippen LogP contribution < -0.4 is 4.90 Å². The maximum absolute atomic E-state index is 12.8. The minimum atomic E-state index is -1.07. The molecule has 0 bridgehead atoms. The average Bonchev–Trinajstić information content (AvgIpc) is 3.37. The molecule has 1 fully saturated rings. The monoisotopic (exact) mass is 450 g/mol. The van der Waals surface area contributed by atoms with Crippen molar-refractivity contribution in [3.8, 4) is 11.6 Å². The minimum absolute atomic E-state index is 0.0106. The third kappa shape index (κ3) is 4.29. The number of hydrogen-bond acceptors (Lipinski definition) is 8. The van der Waals surface area contributed by atoms with Gasteiger partial charge in [-0.25, -0.2) is 0 Å². The molecule has 156 valence electrons. The molecule has 0 saturated carbocycles. The molecule has 12 heteroatoms. The van der Waals surface area contributed by atoms with Crippen LogP contribution in [0.15, 0.2) is 28.8 Å². The summed E-state index contributed by atoms with van der Waals surface area (Å²) in [5.74, 6) is -0.171. The molecular formula is C18H16Cl2N6O4. The van der Waals surface area contributed by atoms with E-state index in [0.29, 0.717) is 47.4 Å². The number of tetrazole rings is 1. The van der Waals surface area contributed by atoms with E-state index in [1.165, 1.54) is 0 Å². The number of piperidine rings is 1. The highest BCUT2D eigenvalue weighted by molar-refractivity contribution is 6.36. The first-order valence-corrected chi connectivity index (χ1v) is 9.87. The highest BCUT2D eigenvalue weighted by Crippen LogP contribution is 2.30. The Labute approximate surface area is 180 Å². The van der Waals surface area contributed by atoms with E-state index >= 15 is 0 Å². The van der Waals surface area contributed by atoms with Gasteiger partial charge in [-0.15, -0.1) is 10.2 Å². The number of hydrogen-bond donors (Lipinski definition) is 1. The number of aliphatic carboxylic acids is 1. The molecule has 3 heterocycles. The van der Waals surface area contributed by atoms with Gasteiger partial charge in [-0.05, 0) is 36.3 Å². The van der Waals surface area contributed by atoms with E-state index < -0.39 is 12.5 Å². The molecule has 0 unspecified atom stereocenters. The molecule has 1 N–H and O–H groups in total. The van der Waals surface area contributed by atoms with Gasteiger partial charge in [-0.3, -0.25) is 9.59 Å². The van der Waals surface area contributed by atoms with Crippen molar-refractivity contribution in [2.24, 2.45) is 5.92 Å². The predicted octanol–water partition coefficient (Wildman–Crippen LogP) is 2.82. The molecule has 0 aliphatic carbocycles. The topological polar surface area (TPSA) is 127 Å². The van der Waals surface area contributed by atoms with Crippen LogP contribution in [-0.4, -0.2) is 55.3 Å². The lowest BCUT2D eigenvalue weighted by atomic mass is 9.89. The zero-order chi connectivity index (χ0) is 21.3. The quantitative estimate of drug-likeness (QED) is 0.563. The van der Waals surface area contributed by atoms with Gasteiger partial charge < -0.3 is 14.5 Å². The van der Waals surface area contributed by atoms with Crippen LogP contribution in [0.2, 0.25) is 10.0 Å². The number of anilines is 1. The highest BCUT2D eigenvalue weighted by Gasteiger charge is 2.28. The van der Waals surface area contributed by atoms with Crippen LogP contribution in [0.1, 0.15) is 23.2 Å². The first-order valence-electron chi connectivity index (χ1n) is 9.11. The molecule has 2 aromatic heterocycles. The van der Waals surface area contributed by atoms with Gasteiger partial charge in [-0.2, -0.15) is 4.80 Å². The highest BCUT2D eigenvalue weighted by atomic mass is 35.5. The van der Waals surface area contributed by atoms with Crippen LogP contribution in [0.5, 0.6) is 0 Å². The molecule has 1 aromatic carbocycles. The second-order valence-electron chi connectivity index (χ2n) is 6.84. The molecule has 1 saturated heterocycles. The number of halogens is 2. The normalized spacial score (nSPS) is 14.8. The van der Waals surface area contributed by atoms with E-state index in [0.717, 1.165) is 4.80 Å². The number of rotatable bonds is 6. The summed E-state index contributed by atoms with van der Waals surface area (Å²) >= 11 is 12.1. The fourth-order valence-electron chi connectivity index (χ4n) is 3.33. The third-order valence-corrected chi connectivity index (χ3v) is 5.38. The van der Waals surface area contributed by atoms with Crippen molar-refractivity contribution in [1.29, 1.82) is 0 Å². The lowest BCUT2D eigenvalue weighted by Crippen LogP contribution is -2.36. The summed E-state index contributed by atoms with van der Waals surface area (Å²) in [5, 5.41) is 25.1. The van der Waals surface area contributed by atoms with Crippen LogP contribution in [0, 0.1) is 5.92 Å². The lowest BCUT2D eigenvalue weighted by Gasteiger charge is -2.31. The van der Waals surface area contributed by atoms with E-state index in [-0.39, 0.29) is 23.3 Å². The van der Waals surface area contributed by atoms with Crippen molar-refractivity contribution in [3.05, 3.63) is 39.9 Å². The van der Waals surface area contributed by atoms with Crippen LogP contribution >= 0.6 is 23.2 Å². The average molecular weight is 451 g/mol. The van der Waals surface area contributed by atoms with Gasteiger partial charge in [-0.1, -0.05) is 28.4 Å². The van der Waals surface area contributed by atoms with Crippen molar-refractivity contribution in [2.45, 2.75) is 19.4 Å². The molecule has 0 amide bonds. The number of carboxylic acid groups (broad SMARTS) is 1.